The normalized spacial score (nSPS) is 19.3. The molecule has 2 aliphatic rings. The lowest BCUT2D eigenvalue weighted by Crippen LogP contribution is -2.48. The molecule has 0 unspecified atom stereocenters. The molecule has 0 fully saturated rings. The first kappa shape index (κ1) is 45.6. The fraction of sp³-hybridized carbons (Fsp3) is 0.367. The number of nitrogens with zero attached hydrogens (tertiary/aromatic N) is 3. The van der Waals surface area contributed by atoms with E-state index >= 15 is 0 Å². The highest BCUT2D eigenvalue weighted by atomic mass is 15.5. The summed E-state index contributed by atoms with van der Waals surface area (Å²) in [5, 5.41) is 8.05. The van der Waals surface area contributed by atoms with Crippen LogP contribution in [-0.4, -0.2) is 21.4 Å². The van der Waals surface area contributed by atoms with Crippen molar-refractivity contribution in [3.8, 4) is 0 Å². The second-order valence-corrected chi connectivity index (χ2v) is 22.6. The summed E-state index contributed by atoms with van der Waals surface area (Å²) in [4.78, 5) is 8.21. The average Bonchev–Trinajstić information content (AvgIpc) is 3.82. The predicted molar refractivity (Wildman–Crippen MR) is 273 cm³/mol. The molecule has 5 heteroatoms. The van der Waals surface area contributed by atoms with Crippen LogP contribution >= 0.6 is 0 Å². The SMILES string of the molecule is CC(C)(C)c1cc(CN2C(NC3=N[C@@H](c4ccccc4)[C@H](c4ccccc4)N3)=[N+](Cc3cc(C(C)(C)C)cc(C(C)(C)C)c3)[C@@H](c3ccccc3)[C@@H]2c2ccccc2)cc(C(C)(C)C)c1. The maximum Gasteiger partial charge on any atom is 0.357 e. The van der Waals surface area contributed by atoms with Gasteiger partial charge in [-0.3, -0.25) is 0 Å². The highest BCUT2D eigenvalue weighted by Gasteiger charge is 2.50. The van der Waals surface area contributed by atoms with Crippen molar-refractivity contribution in [3.05, 3.63) is 213 Å². The first-order chi connectivity index (χ1) is 30.7. The van der Waals surface area contributed by atoms with Gasteiger partial charge in [-0.2, -0.15) is 0 Å². The van der Waals surface area contributed by atoms with Gasteiger partial charge in [0.2, 0.25) is 0 Å². The molecule has 2 heterocycles. The van der Waals surface area contributed by atoms with Crippen LogP contribution in [0.5, 0.6) is 0 Å². The third-order valence-electron chi connectivity index (χ3n) is 13.4. The van der Waals surface area contributed by atoms with Crippen LogP contribution in [0.2, 0.25) is 0 Å². The Morgan fingerprint density at radius 2 is 0.892 bits per heavy atom. The van der Waals surface area contributed by atoms with Gasteiger partial charge in [0, 0.05) is 0 Å². The topological polar surface area (TPSA) is 42.7 Å². The molecule has 2 aliphatic heterocycles. The Morgan fingerprint density at radius 1 is 0.492 bits per heavy atom. The minimum atomic E-state index is -0.115. The average molecular weight is 863 g/mol. The molecular weight excluding hydrogens is 791 g/mol. The molecule has 0 radical (unpaired) electrons. The van der Waals surface area contributed by atoms with E-state index in [2.05, 4.69) is 261 Å². The fourth-order valence-corrected chi connectivity index (χ4v) is 9.47. The van der Waals surface area contributed by atoms with Crippen molar-refractivity contribution >= 4 is 11.9 Å². The Labute approximate surface area is 390 Å². The Balaban J connectivity index is 1.38. The summed E-state index contributed by atoms with van der Waals surface area (Å²) in [6.07, 6.45) is 0. The quantitative estimate of drug-likeness (QED) is 0.150. The van der Waals surface area contributed by atoms with Crippen molar-refractivity contribution in [2.75, 3.05) is 0 Å². The molecule has 0 saturated heterocycles. The van der Waals surface area contributed by atoms with Crippen LogP contribution in [0.1, 0.15) is 163 Å². The number of benzene rings is 6. The largest absolute Gasteiger partial charge is 0.357 e. The van der Waals surface area contributed by atoms with Gasteiger partial charge in [0.1, 0.15) is 18.1 Å². The van der Waals surface area contributed by atoms with E-state index in [0.717, 1.165) is 11.9 Å². The summed E-state index contributed by atoms with van der Waals surface area (Å²) in [6.45, 7) is 29.4. The van der Waals surface area contributed by atoms with Gasteiger partial charge in [-0.15, -0.1) is 0 Å². The van der Waals surface area contributed by atoms with Crippen molar-refractivity contribution < 1.29 is 4.58 Å². The molecule has 0 saturated carbocycles. The predicted octanol–water partition coefficient (Wildman–Crippen LogP) is 13.8. The molecule has 4 atom stereocenters. The summed E-state index contributed by atoms with van der Waals surface area (Å²) in [6, 6.07) is 58.3. The number of hydrogen-bond acceptors (Lipinski definition) is 4. The highest BCUT2D eigenvalue weighted by molar-refractivity contribution is 5.98. The second kappa shape index (κ2) is 17.8. The summed E-state index contributed by atoms with van der Waals surface area (Å²) >= 11 is 0. The number of guanidine groups is 2. The van der Waals surface area contributed by atoms with Crippen LogP contribution in [0.3, 0.4) is 0 Å². The van der Waals surface area contributed by atoms with Crippen LogP contribution in [-0.2, 0) is 34.7 Å². The summed E-state index contributed by atoms with van der Waals surface area (Å²) < 4.78 is 2.65. The molecule has 0 aromatic heterocycles. The van der Waals surface area contributed by atoms with Crippen molar-refractivity contribution in [2.45, 2.75) is 142 Å². The molecule has 8 rings (SSSR count). The van der Waals surface area contributed by atoms with E-state index in [1.807, 2.05) is 0 Å². The van der Waals surface area contributed by atoms with E-state index in [9.17, 15) is 0 Å². The molecule has 0 bridgehead atoms. The molecular formula is C60H72N5+. The lowest BCUT2D eigenvalue weighted by molar-refractivity contribution is -0.583. The Bertz CT molecular complexity index is 2570. The van der Waals surface area contributed by atoms with E-state index in [1.165, 1.54) is 55.6 Å². The second-order valence-electron chi connectivity index (χ2n) is 22.6. The van der Waals surface area contributed by atoms with Crippen molar-refractivity contribution in [1.29, 1.82) is 0 Å². The van der Waals surface area contributed by atoms with Gasteiger partial charge in [-0.1, -0.05) is 241 Å². The molecule has 6 aromatic rings. The first-order valence-electron chi connectivity index (χ1n) is 23.8. The zero-order chi connectivity index (χ0) is 46.3. The third-order valence-corrected chi connectivity index (χ3v) is 13.4. The van der Waals surface area contributed by atoms with Crippen molar-refractivity contribution in [3.63, 3.8) is 0 Å². The van der Waals surface area contributed by atoms with Crippen LogP contribution in [0.4, 0.5) is 0 Å². The summed E-state index contributed by atoms with van der Waals surface area (Å²) in [5.74, 6) is 1.81. The Morgan fingerprint density at radius 3 is 1.34 bits per heavy atom. The van der Waals surface area contributed by atoms with Crippen molar-refractivity contribution in [2.24, 2.45) is 4.99 Å². The fourth-order valence-electron chi connectivity index (χ4n) is 9.47. The standard InChI is InChI=1S/C60H71N5/c1-57(2,3)47-33-41(34-48(37-47)58(4,5)6)39-64-53(45-29-21-15-22-30-45)54(46-31-23-16-24-32-46)65(40-42-35-49(59(7,8)9)38-50(36-42)60(10,11)12)56(64)63-55-61-51(43-25-17-13-18-26-43)52(62-55)44-27-19-14-20-28-44/h13-38,51-54H,39-40H2,1-12H3,(H,61,62)/p+1/t51-,52-,53-,54-/m0/s1. The lowest BCUT2D eigenvalue weighted by Gasteiger charge is -2.29. The van der Waals surface area contributed by atoms with Gasteiger partial charge >= 0.3 is 5.96 Å². The molecule has 6 aromatic carbocycles. The van der Waals surface area contributed by atoms with Crippen LogP contribution in [0.25, 0.3) is 0 Å². The minimum absolute atomic E-state index is 0.0203. The smallest absolute Gasteiger partial charge is 0.334 e. The zero-order valence-corrected chi connectivity index (χ0v) is 41.1. The van der Waals surface area contributed by atoms with Gasteiger partial charge in [0.25, 0.3) is 5.96 Å². The van der Waals surface area contributed by atoms with Gasteiger partial charge in [0.05, 0.1) is 19.1 Å². The highest BCUT2D eigenvalue weighted by Crippen LogP contribution is 2.45. The third kappa shape index (κ3) is 10.2. The van der Waals surface area contributed by atoms with Crippen LogP contribution in [0.15, 0.2) is 163 Å². The van der Waals surface area contributed by atoms with Crippen molar-refractivity contribution in [1.82, 2.24) is 15.5 Å². The van der Waals surface area contributed by atoms with Gasteiger partial charge in [-0.25, -0.2) is 19.8 Å². The van der Waals surface area contributed by atoms with Gasteiger partial charge in [-0.05, 0) is 77.3 Å². The number of nitrogens with one attached hydrogen (secondary N) is 2. The zero-order valence-electron chi connectivity index (χ0n) is 41.1. The Kier molecular flexibility index (Phi) is 12.5. The summed E-state index contributed by atoms with van der Waals surface area (Å²) in [7, 11) is 0. The molecule has 336 valence electrons. The van der Waals surface area contributed by atoms with Gasteiger partial charge < -0.3 is 5.32 Å². The number of hydrogen-bond donors (Lipinski definition) is 2. The number of rotatable bonds is 8. The number of aliphatic imine (C=N–C) groups is 1. The van der Waals surface area contributed by atoms with E-state index in [0.29, 0.717) is 13.1 Å². The maximum atomic E-state index is 5.56. The molecule has 65 heavy (non-hydrogen) atoms. The lowest BCUT2D eigenvalue weighted by atomic mass is 9.79. The van der Waals surface area contributed by atoms with Gasteiger partial charge in [0.15, 0.2) is 0 Å². The van der Waals surface area contributed by atoms with E-state index in [-0.39, 0.29) is 45.8 Å². The molecule has 2 N–H and O–H groups in total. The Hall–Kier alpha value is -5.94. The molecule has 0 spiro atoms. The van der Waals surface area contributed by atoms with E-state index < -0.39 is 0 Å². The molecule has 0 aliphatic carbocycles. The summed E-state index contributed by atoms with van der Waals surface area (Å²) in [5.41, 5.74) is 12.9. The van der Waals surface area contributed by atoms with E-state index in [1.54, 1.807) is 0 Å². The maximum absolute atomic E-state index is 5.56. The first-order valence-corrected chi connectivity index (χ1v) is 23.8. The van der Waals surface area contributed by atoms with Crippen LogP contribution < -0.4 is 10.6 Å². The monoisotopic (exact) mass is 863 g/mol. The minimum Gasteiger partial charge on any atom is -0.334 e. The molecule has 0 amide bonds. The van der Waals surface area contributed by atoms with Crippen LogP contribution in [0, 0.1) is 0 Å². The van der Waals surface area contributed by atoms with E-state index in [4.69, 9.17) is 4.99 Å². The molecule has 5 nitrogen and oxygen atoms in total.